The molecule has 0 aliphatic carbocycles. The minimum absolute atomic E-state index is 0.261. The van der Waals surface area contributed by atoms with Crippen LogP contribution in [0.2, 0.25) is 0 Å². The Bertz CT molecular complexity index is 929. The number of fused-ring (bicyclic) bond motifs is 1. The zero-order valence-electron chi connectivity index (χ0n) is 13.9. The molecule has 0 fully saturated rings. The van der Waals surface area contributed by atoms with Gasteiger partial charge in [-0.05, 0) is 36.0 Å². The predicted molar refractivity (Wildman–Crippen MR) is 94.6 cm³/mol. The van der Waals surface area contributed by atoms with Crippen molar-refractivity contribution in [3.8, 4) is 11.4 Å². The molecule has 0 saturated carbocycles. The number of pyridine rings is 1. The highest BCUT2D eigenvalue weighted by Gasteiger charge is 2.33. The number of hydrogen-bond donors (Lipinski definition) is 0. The Hall–Kier alpha value is -1.78. The first kappa shape index (κ1) is 19.0. The molecule has 0 aliphatic heterocycles. The molecule has 0 spiro atoms. The fourth-order valence-corrected chi connectivity index (χ4v) is 3.85. The van der Waals surface area contributed by atoms with E-state index in [0.717, 1.165) is 23.2 Å². The molecule has 0 bridgehead atoms. The first-order valence-corrected chi connectivity index (χ1v) is 10.1. The van der Waals surface area contributed by atoms with E-state index in [-0.39, 0.29) is 5.65 Å². The second kappa shape index (κ2) is 7.45. The average Bonchev–Trinajstić information content (AvgIpc) is 3.03. The average molecular weight is 400 g/mol. The molecule has 0 radical (unpaired) electrons. The smallest absolute Gasteiger partial charge is 0.434 e. The van der Waals surface area contributed by atoms with E-state index in [2.05, 4.69) is 15.0 Å². The third-order valence-electron chi connectivity index (χ3n) is 3.51. The summed E-state index contributed by atoms with van der Waals surface area (Å²) in [5.41, 5.74) is 0.0357. The molecule has 3 rings (SSSR count). The number of nitrogens with zero attached hydrogens (tertiary/aromatic N) is 4. The molecule has 0 amide bonds. The lowest BCUT2D eigenvalue weighted by molar-refractivity contribution is -0.141. The molecule has 1 atom stereocenters. The van der Waals surface area contributed by atoms with Gasteiger partial charge in [0.15, 0.2) is 16.2 Å². The van der Waals surface area contributed by atoms with Gasteiger partial charge in [0, 0.05) is 12.4 Å². The number of halogens is 3. The second-order valence-corrected chi connectivity index (χ2v) is 8.22. The molecule has 26 heavy (non-hydrogen) atoms. The van der Waals surface area contributed by atoms with Crippen molar-refractivity contribution >= 4 is 28.6 Å². The summed E-state index contributed by atoms with van der Waals surface area (Å²) in [6.07, 6.45) is -1.14. The second-order valence-electron chi connectivity index (χ2n) is 5.23. The summed E-state index contributed by atoms with van der Waals surface area (Å²) in [4.78, 5) is 12.8. The standard InChI is InChI=1S/C16H15F3N4OS2/c1-3-25-14-6-5-11(26(24)4-2)15(22-14)10-8-23-9-12(16(17,18)19)20-7-13(23)21-10/h5-9H,3-4H2,1-2H3. The summed E-state index contributed by atoms with van der Waals surface area (Å²) in [6, 6.07) is 3.53. The number of aromatic nitrogens is 4. The predicted octanol–water partition coefficient (Wildman–Crippen LogP) is 4.05. The summed E-state index contributed by atoms with van der Waals surface area (Å²) in [5.74, 6) is 1.22. The largest absolute Gasteiger partial charge is 0.611 e. The van der Waals surface area contributed by atoms with Crippen molar-refractivity contribution in [2.24, 2.45) is 0 Å². The van der Waals surface area contributed by atoms with Gasteiger partial charge in [0.25, 0.3) is 0 Å². The van der Waals surface area contributed by atoms with Gasteiger partial charge in [-0.2, -0.15) is 13.2 Å². The van der Waals surface area contributed by atoms with Gasteiger partial charge in [-0.1, -0.05) is 6.92 Å². The van der Waals surface area contributed by atoms with E-state index >= 15 is 0 Å². The molecule has 3 aromatic heterocycles. The molecule has 3 heterocycles. The Balaban J connectivity index is 2.13. The maximum absolute atomic E-state index is 12.8. The molecular weight excluding hydrogens is 385 g/mol. The minimum Gasteiger partial charge on any atom is -0.611 e. The Morgan fingerprint density at radius 3 is 2.62 bits per heavy atom. The first-order valence-electron chi connectivity index (χ1n) is 7.78. The number of imidazole rings is 1. The Morgan fingerprint density at radius 2 is 1.96 bits per heavy atom. The van der Waals surface area contributed by atoms with Crippen LogP contribution >= 0.6 is 11.8 Å². The van der Waals surface area contributed by atoms with E-state index in [1.807, 2.05) is 6.92 Å². The van der Waals surface area contributed by atoms with E-state index in [9.17, 15) is 17.7 Å². The third kappa shape index (κ3) is 3.81. The highest BCUT2D eigenvalue weighted by molar-refractivity contribution is 7.99. The normalized spacial score (nSPS) is 13.3. The van der Waals surface area contributed by atoms with Crippen molar-refractivity contribution in [2.45, 2.75) is 29.9 Å². The van der Waals surface area contributed by atoms with Crippen molar-refractivity contribution in [1.82, 2.24) is 19.4 Å². The highest BCUT2D eigenvalue weighted by Crippen LogP contribution is 2.31. The zero-order chi connectivity index (χ0) is 18.9. The van der Waals surface area contributed by atoms with E-state index < -0.39 is 23.0 Å². The third-order valence-corrected chi connectivity index (χ3v) is 5.66. The van der Waals surface area contributed by atoms with Crippen LogP contribution in [0.5, 0.6) is 0 Å². The Labute approximate surface area is 155 Å². The fourth-order valence-electron chi connectivity index (χ4n) is 2.34. The quantitative estimate of drug-likeness (QED) is 0.478. The number of thioether (sulfide) groups is 1. The molecule has 138 valence electrons. The number of rotatable bonds is 5. The Kier molecular flexibility index (Phi) is 5.44. The number of hydrogen-bond acceptors (Lipinski definition) is 5. The fraction of sp³-hybridized carbons (Fsp3) is 0.312. The van der Waals surface area contributed by atoms with Crippen LogP contribution in [0.1, 0.15) is 19.5 Å². The van der Waals surface area contributed by atoms with E-state index in [1.54, 1.807) is 19.1 Å². The summed E-state index contributed by atoms with van der Waals surface area (Å²) >= 11 is 0.248. The molecule has 3 aromatic rings. The first-order chi connectivity index (χ1) is 12.3. The molecule has 10 heteroatoms. The maximum atomic E-state index is 12.8. The van der Waals surface area contributed by atoms with Crippen LogP contribution in [-0.2, 0) is 17.4 Å². The molecule has 5 nitrogen and oxygen atoms in total. The van der Waals surface area contributed by atoms with Crippen LogP contribution in [0.15, 0.2) is 40.6 Å². The molecule has 0 N–H and O–H groups in total. The summed E-state index contributed by atoms with van der Waals surface area (Å²) in [5, 5.41) is 0.741. The highest BCUT2D eigenvalue weighted by atomic mass is 32.2. The van der Waals surface area contributed by atoms with Gasteiger partial charge in [-0.25, -0.2) is 15.0 Å². The van der Waals surface area contributed by atoms with Crippen molar-refractivity contribution in [3.05, 3.63) is 36.4 Å². The van der Waals surface area contributed by atoms with E-state index in [1.165, 1.54) is 22.4 Å². The van der Waals surface area contributed by atoms with Crippen LogP contribution < -0.4 is 0 Å². The van der Waals surface area contributed by atoms with Crippen LogP contribution in [0.3, 0.4) is 0 Å². The van der Waals surface area contributed by atoms with Gasteiger partial charge < -0.3 is 8.95 Å². The van der Waals surface area contributed by atoms with E-state index in [4.69, 9.17) is 0 Å². The lowest BCUT2D eigenvalue weighted by atomic mass is 10.3. The van der Waals surface area contributed by atoms with Gasteiger partial charge in [0.1, 0.15) is 17.1 Å². The van der Waals surface area contributed by atoms with Crippen molar-refractivity contribution in [1.29, 1.82) is 0 Å². The monoisotopic (exact) mass is 400 g/mol. The van der Waals surface area contributed by atoms with Crippen molar-refractivity contribution < 1.29 is 17.7 Å². The lowest BCUT2D eigenvalue weighted by Crippen LogP contribution is -2.08. The van der Waals surface area contributed by atoms with Crippen molar-refractivity contribution in [3.63, 3.8) is 0 Å². The maximum Gasteiger partial charge on any atom is 0.434 e. The summed E-state index contributed by atoms with van der Waals surface area (Å²) < 4.78 is 52.1. The van der Waals surface area contributed by atoms with Crippen LogP contribution in [0.4, 0.5) is 13.2 Å². The molecule has 0 aromatic carbocycles. The molecule has 0 saturated heterocycles. The van der Waals surface area contributed by atoms with Crippen LogP contribution in [-0.4, -0.2) is 35.4 Å². The summed E-state index contributed by atoms with van der Waals surface area (Å²) in [7, 11) is 0. The van der Waals surface area contributed by atoms with Gasteiger partial charge in [-0.3, -0.25) is 0 Å². The van der Waals surface area contributed by atoms with E-state index in [0.29, 0.717) is 22.0 Å². The van der Waals surface area contributed by atoms with Crippen molar-refractivity contribution in [2.75, 3.05) is 11.5 Å². The molecule has 0 aliphatic rings. The van der Waals surface area contributed by atoms with Gasteiger partial charge >= 0.3 is 6.18 Å². The molecular formula is C16H15F3N4OS2. The zero-order valence-corrected chi connectivity index (χ0v) is 15.6. The lowest BCUT2D eigenvalue weighted by Gasteiger charge is -2.11. The van der Waals surface area contributed by atoms with Gasteiger partial charge in [0.05, 0.1) is 11.2 Å². The Morgan fingerprint density at radius 1 is 1.19 bits per heavy atom. The van der Waals surface area contributed by atoms with Crippen LogP contribution in [0, 0.1) is 0 Å². The van der Waals surface area contributed by atoms with Gasteiger partial charge in [-0.15, -0.1) is 11.8 Å². The summed E-state index contributed by atoms with van der Waals surface area (Å²) in [6.45, 7) is 3.77. The van der Waals surface area contributed by atoms with Gasteiger partial charge in [0.2, 0.25) is 0 Å². The number of alkyl halides is 3. The molecule has 1 unspecified atom stereocenters. The topological polar surface area (TPSA) is 66.1 Å². The minimum atomic E-state index is -4.54. The van der Waals surface area contributed by atoms with Crippen LogP contribution in [0.25, 0.3) is 17.0 Å². The SMILES string of the molecule is CCSc1ccc([S+]([O-])CC)c(-c2cn3cc(C(F)(F)F)ncc3n2)n1.